The Morgan fingerprint density at radius 1 is 1.04 bits per heavy atom. The molecule has 27 heavy (non-hydrogen) atoms. The van der Waals surface area contributed by atoms with Crippen LogP contribution in [0.5, 0.6) is 17.2 Å². The molecule has 3 nitrogen and oxygen atoms in total. The lowest BCUT2D eigenvalue weighted by Gasteiger charge is -2.15. The van der Waals surface area contributed by atoms with E-state index in [-0.39, 0.29) is 16.7 Å². The van der Waals surface area contributed by atoms with Gasteiger partial charge in [0, 0.05) is 5.39 Å². The van der Waals surface area contributed by atoms with Crippen molar-refractivity contribution >= 4 is 10.8 Å². The van der Waals surface area contributed by atoms with E-state index < -0.39 is 12.4 Å². The molecule has 3 aromatic carbocycles. The van der Waals surface area contributed by atoms with E-state index in [2.05, 4.69) is 11.3 Å². The molecule has 0 heterocycles. The van der Waals surface area contributed by atoms with Gasteiger partial charge < -0.3 is 14.2 Å². The van der Waals surface area contributed by atoms with E-state index in [1.807, 2.05) is 0 Å². The lowest BCUT2D eigenvalue weighted by atomic mass is 9.98. The predicted molar refractivity (Wildman–Crippen MR) is 98.2 cm³/mol. The third kappa shape index (κ3) is 4.00. The predicted octanol–water partition coefficient (Wildman–Crippen LogP) is 5.82. The van der Waals surface area contributed by atoms with Crippen molar-refractivity contribution in [2.45, 2.75) is 6.61 Å². The van der Waals surface area contributed by atoms with Crippen LogP contribution in [0, 0.1) is 5.82 Å². The monoisotopic (exact) mass is 374 g/mol. The molecule has 3 rings (SSSR count). The maximum Gasteiger partial charge on any atom is 0.387 e. The van der Waals surface area contributed by atoms with Gasteiger partial charge in [-0.25, -0.2) is 4.39 Å². The molecule has 0 unspecified atom stereocenters. The summed E-state index contributed by atoms with van der Waals surface area (Å²) in [6, 6.07) is 12.5. The van der Waals surface area contributed by atoms with E-state index >= 15 is 4.39 Å². The second kappa shape index (κ2) is 8.03. The summed E-state index contributed by atoms with van der Waals surface area (Å²) in [5.74, 6) is 0.149. The number of halogens is 3. The molecule has 0 radical (unpaired) electrons. The zero-order valence-electron chi connectivity index (χ0n) is 14.5. The molecule has 0 aromatic heterocycles. The highest BCUT2D eigenvalue weighted by atomic mass is 19.3. The van der Waals surface area contributed by atoms with Gasteiger partial charge in [-0.05, 0) is 47.3 Å². The van der Waals surface area contributed by atoms with Crippen molar-refractivity contribution in [1.82, 2.24) is 0 Å². The molecule has 0 atom stereocenters. The molecule has 0 aliphatic carbocycles. The zero-order valence-corrected chi connectivity index (χ0v) is 14.5. The van der Waals surface area contributed by atoms with Gasteiger partial charge in [0.1, 0.15) is 29.7 Å². The van der Waals surface area contributed by atoms with Gasteiger partial charge in [-0.2, -0.15) is 8.78 Å². The van der Waals surface area contributed by atoms with Crippen molar-refractivity contribution in [3.8, 4) is 28.4 Å². The van der Waals surface area contributed by atoms with Crippen LogP contribution in [0.1, 0.15) is 0 Å². The Labute approximate surface area is 154 Å². The Balaban J connectivity index is 2.14. The summed E-state index contributed by atoms with van der Waals surface area (Å²) in [6.07, 6.45) is 1.60. The summed E-state index contributed by atoms with van der Waals surface area (Å²) in [5, 5.41) is 0.677. The van der Waals surface area contributed by atoms with Crippen molar-refractivity contribution in [1.29, 1.82) is 0 Å². The van der Waals surface area contributed by atoms with Crippen LogP contribution < -0.4 is 14.2 Å². The summed E-state index contributed by atoms with van der Waals surface area (Å²) < 4.78 is 56.1. The van der Waals surface area contributed by atoms with Gasteiger partial charge in [-0.15, -0.1) is 0 Å². The van der Waals surface area contributed by atoms with E-state index in [4.69, 9.17) is 9.47 Å². The van der Waals surface area contributed by atoms with Crippen LogP contribution >= 0.6 is 0 Å². The van der Waals surface area contributed by atoms with Crippen LogP contribution in [0.25, 0.3) is 21.9 Å². The first-order valence-electron chi connectivity index (χ1n) is 8.12. The molecule has 0 aliphatic heterocycles. The molecule has 0 saturated heterocycles. The first-order valence-corrected chi connectivity index (χ1v) is 8.12. The van der Waals surface area contributed by atoms with Crippen LogP contribution in [0.3, 0.4) is 0 Å². The fourth-order valence-corrected chi connectivity index (χ4v) is 2.77. The van der Waals surface area contributed by atoms with E-state index in [1.54, 1.807) is 48.5 Å². The highest BCUT2D eigenvalue weighted by Crippen LogP contribution is 2.39. The number of benzene rings is 3. The van der Waals surface area contributed by atoms with Gasteiger partial charge in [0.05, 0.1) is 12.7 Å². The molecular formula is C21H17F3O3. The molecule has 0 aliphatic rings. The van der Waals surface area contributed by atoms with Gasteiger partial charge in [0.15, 0.2) is 0 Å². The van der Waals surface area contributed by atoms with Crippen LogP contribution in [0.2, 0.25) is 0 Å². The minimum Gasteiger partial charge on any atom is -0.497 e. The van der Waals surface area contributed by atoms with E-state index in [9.17, 15) is 8.78 Å². The fraction of sp³-hybridized carbons (Fsp3) is 0.143. The van der Waals surface area contributed by atoms with Gasteiger partial charge in [0.2, 0.25) is 0 Å². The van der Waals surface area contributed by atoms with E-state index in [1.165, 1.54) is 13.2 Å². The normalized spacial score (nSPS) is 10.9. The molecule has 0 amide bonds. The number of hydrogen-bond donors (Lipinski definition) is 0. The Kier molecular flexibility index (Phi) is 5.54. The fourth-order valence-electron chi connectivity index (χ4n) is 2.77. The molecule has 6 heteroatoms. The second-order valence-corrected chi connectivity index (χ2v) is 5.65. The van der Waals surface area contributed by atoms with Crippen LogP contribution in [0.15, 0.2) is 61.2 Å². The van der Waals surface area contributed by atoms with Crippen LogP contribution in [0.4, 0.5) is 13.2 Å². The zero-order chi connectivity index (χ0) is 19.4. The lowest BCUT2D eigenvalue weighted by Crippen LogP contribution is -2.05. The summed E-state index contributed by atoms with van der Waals surface area (Å²) in [6.45, 7) is 0.804. The highest BCUT2D eigenvalue weighted by Gasteiger charge is 2.19. The number of rotatable bonds is 7. The van der Waals surface area contributed by atoms with Crippen molar-refractivity contribution in [3.63, 3.8) is 0 Å². The number of hydrogen-bond acceptors (Lipinski definition) is 3. The molecule has 0 N–H and O–H groups in total. The van der Waals surface area contributed by atoms with Gasteiger partial charge in [-0.1, -0.05) is 24.8 Å². The first kappa shape index (κ1) is 18.6. The SMILES string of the molecule is C=CCOc1ccc(-c2c(OC(F)F)cc3cc(OC)ccc3c2F)cc1. The first-order chi connectivity index (χ1) is 13.0. The number of ether oxygens (including phenoxy) is 3. The molecule has 140 valence electrons. The smallest absolute Gasteiger partial charge is 0.387 e. The Morgan fingerprint density at radius 2 is 1.74 bits per heavy atom. The van der Waals surface area contributed by atoms with E-state index in [0.717, 1.165) is 0 Å². The van der Waals surface area contributed by atoms with Crippen molar-refractivity contribution in [3.05, 3.63) is 67.0 Å². The Bertz CT molecular complexity index is 953. The average Bonchev–Trinajstić information content (AvgIpc) is 2.66. The third-order valence-corrected chi connectivity index (χ3v) is 3.97. The van der Waals surface area contributed by atoms with Crippen molar-refractivity contribution < 1.29 is 27.4 Å². The molecule has 0 saturated carbocycles. The average molecular weight is 374 g/mol. The minimum atomic E-state index is -3.08. The Morgan fingerprint density at radius 3 is 2.37 bits per heavy atom. The van der Waals surface area contributed by atoms with E-state index in [0.29, 0.717) is 29.1 Å². The van der Waals surface area contributed by atoms with Crippen LogP contribution in [-0.4, -0.2) is 20.3 Å². The second-order valence-electron chi connectivity index (χ2n) is 5.65. The van der Waals surface area contributed by atoms with Gasteiger partial charge in [0.25, 0.3) is 0 Å². The molecular weight excluding hydrogens is 357 g/mol. The molecule has 0 fully saturated rings. The number of alkyl halides is 2. The highest BCUT2D eigenvalue weighted by molar-refractivity contribution is 5.92. The standard InChI is InChI=1S/C21H17F3O3/c1-3-10-26-15-6-4-13(5-7-15)19-18(27-21(23)24)12-14-11-16(25-2)8-9-17(14)20(19)22/h3-9,11-12,21H,1,10H2,2H3. The summed E-state index contributed by atoms with van der Waals surface area (Å²) in [7, 11) is 1.47. The summed E-state index contributed by atoms with van der Waals surface area (Å²) >= 11 is 0. The maximum atomic E-state index is 15.2. The minimum absolute atomic E-state index is 0.0387. The quantitative estimate of drug-likeness (QED) is 0.488. The lowest BCUT2D eigenvalue weighted by molar-refractivity contribution is -0.0494. The maximum absolute atomic E-state index is 15.2. The summed E-state index contributed by atoms with van der Waals surface area (Å²) in [4.78, 5) is 0. The topological polar surface area (TPSA) is 27.7 Å². The molecule has 0 bridgehead atoms. The number of methoxy groups -OCH3 is 1. The van der Waals surface area contributed by atoms with Gasteiger partial charge in [-0.3, -0.25) is 0 Å². The van der Waals surface area contributed by atoms with Gasteiger partial charge >= 0.3 is 6.61 Å². The molecule has 0 spiro atoms. The third-order valence-electron chi connectivity index (χ3n) is 3.97. The van der Waals surface area contributed by atoms with Crippen molar-refractivity contribution in [2.75, 3.05) is 13.7 Å². The largest absolute Gasteiger partial charge is 0.497 e. The number of fused-ring (bicyclic) bond motifs is 1. The Hall–Kier alpha value is -3.15. The summed E-state index contributed by atoms with van der Waals surface area (Å²) in [5.41, 5.74) is 0.357. The van der Waals surface area contributed by atoms with Crippen LogP contribution in [-0.2, 0) is 0 Å². The molecule has 3 aromatic rings. The van der Waals surface area contributed by atoms with Crippen molar-refractivity contribution in [2.24, 2.45) is 0 Å².